The van der Waals surface area contributed by atoms with Gasteiger partial charge in [-0.2, -0.15) is 0 Å². The fourth-order valence-electron chi connectivity index (χ4n) is 8.61. The predicted molar refractivity (Wildman–Crippen MR) is 264 cm³/mol. The predicted octanol–water partition coefficient (Wildman–Crippen LogP) is 15.0. The van der Waals surface area contributed by atoms with E-state index >= 15 is 0 Å². The van der Waals surface area contributed by atoms with Crippen molar-refractivity contribution in [2.24, 2.45) is 5.92 Å². The van der Waals surface area contributed by atoms with Gasteiger partial charge in [0.1, 0.15) is 0 Å². The van der Waals surface area contributed by atoms with E-state index in [1.165, 1.54) is 55.0 Å². The molecule has 7 aromatic carbocycles. The zero-order chi connectivity index (χ0) is 42.8. The summed E-state index contributed by atoms with van der Waals surface area (Å²) in [5.41, 5.74) is 13.1. The van der Waals surface area contributed by atoms with E-state index in [4.69, 9.17) is 9.97 Å². The second kappa shape index (κ2) is 19.1. The number of rotatable bonds is 9. The van der Waals surface area contributed by atoms with Crippen molar-refractivity contribution in [2.45, 2.75) is 77.1 Å². The Bertz CT molecular complexity index is 2930. The first kappa shape index (κ1) is 44.9. The molecule has 0 aliphatic rings. The molecule has 0 bridgehead atoms. The van der Waals surface area contributed by atoms with Crippen molar-refractivity contribution < 1.29 is 20.1 Å². The molecule has 0 fully saturated rings. The summed E-state index contributed by atoms with van der Waals surface area (Å²) in [6.07, 6.45) is 3.27. The molecule has 315 valence electrons. The number of benzene rings is 7. The van der Waals surface area contributed by atoms with Gasteiger partial charge < -0.3 is 4.57 Å². The molecule has 2 heterocycles. The molecule has 9 rings (SSSR count). The molecule has 0 N–H and O–H groups in total. The van der Waals surface area contributed by atoms with Gasteiger partial charge in [-0.3, -0.25) is 4.98 Å². The van der Waals surface area contributed by atoms with Gasteiger partial charge in [0.05, 0.1) is 16.9 Å². The summed E-state index contributed by atoms with van der Waals surface area (Å²) in [7, 11) is 0. The summed E-state index contributed by atoms with van der Waals surface area (Å²) >= 11 is -1.86. The second-order valence-electron chi connectivity index (χ2n) is 18.4. The summed E-state index contributed by atoms with van der Waals surface area (Å²) in [6.45, 7) is 13.8. The van der Waals surface area contributed by atoms with Gasteiger partial charge in [-0.15, -0.1) is 29.1 Å². The Labute approximate surface area is 385 Å². The standard InChI is InChI=1S/C39H33N2.C18H24GeN.Ir/c1-25(2)34-23-31(27-12-6-5-7-13-27)24-35(26(3)4)38(34)41-37-17-11-10-16-36(37)40-39(41)30-20-21-33-29(22-30)19-18-28-14-8-9-15-32(28)33;1-14(2)11-16-12-18(15-9-7-6-8-10-15)20-13-17(16)19(3,4)5;/h5-19,21-26H,1-4H3;6-9,12-14H,11H2,1-5H3;/q2*-1;. The second-order valence-corrected chi connectivity index (χ2v) is 29.0. The molecule has 0 aliphatic carbocycles. The van der Waals surface area contributed by atoms with Crippen LogP contribution >= 0.6 is 0 Å². The van der Waals surface area contributed by atoms with Gasteiger partial charge in [-0.05, 0) is 63.7 Å². The molecule has 62 heavy (non-hydrogen) atoms. The Morgan fingerprint density at radius 3 is 1.95 bits per heavy atom. The van der Waals surface area contributed by atoms with Crippen LogP contribution < -0.4 is 4.40 Å². The van der Waals surface area contributed by atoms with E-state index in [2.05, 4.69) is 209 Å². The molecule has 0 aliphatic heterocycles. The summed E-state index contributed by atoms with van der Waals surface area (Å²) in [6, 6.07) is 58.7. The third-order valence-electron chi connectivity index (χ3n) is 11.6. The normalized spacial score (nSPS) is 11.7. The first-order valence-corrected chi connectivity index (χ1v) is 29.2. The van der Waals surface area contributed by atoms with Crippen LogP contribution in [0.2, 0.25) is 17.3 Å². The number of hydrogen-bond acceptors (Lipinski definition) is 2. The van der Waals surface area contributed by atoms with Crippen LogP contribution in [0.3, 0.4) is 0 Å². The van der Waals surface area contributed by atoms with Crippen molar-refractivity contribution in [3.8, 4) is 39.5 Å². The molecule has 0 unspecified atom stereocenters. The minimum absolute atomic E-state index is 0. The fourth-order valence-corrected chi connectivity index (χ4v) is 11.9. The summed E-state index contributed by atoms with van der Waals surface area (Å²) in [4.78, 5) is 9.94. The first-order chi connectivity index (χ1) is 29.4. The van der Waals surface area contributed by atoms with Crippen molar-refractivity contribution in [1.82, 2.24) is 14.5 Å². The van der Waals surface area contributed by atoms with Crippen LogP contribution in [-0.2, 0) is 26.5 Å². The Morgan fingerprint density at radius 2 is 1.27 bits per heavy atom. The first-order valence-electron chi connectivity index (χ1n) is 21.9. The molecule has 3 nitrogen and oxygen atoms in total. The Kier molecular flexibility index (Phi) is 13.8. The largest absolute Gasteiger partial charge is 0.333 e. The van der Waals surface area contributed by atoms with Crippen LogP contribution in [0.25, 0.3) is 72.0 Å². The average molecular weight is 1050 g/mol. The minimum Gasteiger partial charge on any atom is -0.333 e. The van der Waals surface area contributed by atoms with Crippen LogP contribution in [0.5, 0.6) is 0 Å². The van der Waals surface area contributed by atoms with E-state index in [1.54, 1.807) is 4.40 Å². The van der Waals surface area contributed by atoms with Crippen molar-refractivity contribution in [1.29, 1.82) is 0 Å². The topological polar surface area (TPSA) is 30.7 Å². The van der Waals surface area contributed by atoms with Crippen LogP contribution in [0, 0.1) is 18.1 Å². The van der Waals surface area contributed by atoms with Crippen LogP contribution in [-0.4, -0.2) is 27.8 Å². The molecule has 5 heteroatoms. The smallest absolute Gasteiger partial charge is 0.0774 e. The molecule has 0 amide bonds. The third kappa shape index (κ3) is 9.44. The molecule has 0 saturated carbocycles. The maximum Gasteiger partial charge on any atom is 0.0774 e. The van der Waals surface area contributed by atoms with Crippen molar-refractivity contribution >= 4 is 50.2 Å². The van der Waals surface area contributed by atoms with Gasteiger partial charge >= 0.3 is 126 Å². The maximum atomic E-state index is 5.24. The van der Waals surface area contributed by atoms with E-state index in [9.17, 15) is 0 Å². The van der Waals surface area contributed by atoms with Crippen molar-refractivity contribution in [3.63, 3.8) is 0 Å². The molecule has 2 aromatic heterocycles. The van der Waals surface area contributed by atoms with Crippen LogP contribution in [0.1, 0.15) is 70.1 Å². The van der Waals surface area contributed by atoms with E-state index in [-0.39, 0.29) is 20.1 Å². The monoisotopic (exact) mass is 1050 g/mol. The van der Waals surface area contributed by atoms with Gasteiger partial charge in [0.25, 0.3) is 0 Å². The Morgan fingerprint density at radius 1 is 0.613 bits per heavy atom. The maximum absolute atomic E-state index is 5.24. The fraction of sp³-hybridized carbons (Fsp3) is 0.228. The van der Waals surface area contributed by atoms with Gasteiger partial charge in [0.15, 0.2) is 0 Å². The molecule has 0 spiro atoms. The SMILES string of the molecule is CC(C)Cc1cc(-c2[c-]cccc2)nc[c]1[Ge]([CH3])([CH3])[CH3].CC(C)c1cc(-c2ccccc2)cc(C(C)C)c1-n1c(-c2[c-]cc3c(ccc4ccccc43)c2)nc2ccccc21.[Ir]. The number of aromatic nitrogens is 3. The molecule has 0 atom stereocenters. The van der Waals surface area contributed by atoms with E-state index in [0.717, 1.165) is 40.1 Å². The summed E-state index contributed by atoms with van der Waals surface area (Å²) in [5.74, 6) is 9.57. The average Bonchev–Trinajstić information content (AvgIpc) is 3.65. The molecule has 1 radical (unpaired) electrons. The Hall–Kier alpha value is -5.13. The quantitative estimate of drug-likeness (QED) is 0.0819. The number of fused-ring (bicyclic) bond motifs is 4. The number of imidazole rings is 1. The van der Waals surface area contributed by atoms with E-state index < -0.39 is 13.3 Å². The summed E-state index contributed by atoms with van der Waals surface area (Å²) in [5, 5.41) is 4.91. The zero-order valence-electron chi connectivity index (χ0n) is 37.5. The number of pyridine rings is 1. The number of nitrogens with zero attached hydrogens (tertiary/aromatic N) is 3. The van der Waals surface area contributed by atoms with Crippen molar-refractivity contribution in [3.05, 3.63) is 181 Å². The van der Waals surface area contributed by atoms with Gasteiger partial charge in [-0.25, -0.2) is 0 Å². The molecular formula is C57H57GeIrN3-2. The van der Waals surface area contributed by atoms with Crippen LogP contribution in [0.15, 0.2) is 152 Å². The molecule has 0 saturated heterocycles. The van der Waals surface area contributed by atoms with Crippen LogP contribution in [0.4, 0.5) is 0 Å². The minimum atomic E-state index is -1.86. The number of hydrogen-bond donors (Lipinski definition) is 0. The van der Waals surface area contributed by atoms with E-state index in [1.807, 2.05) is 18.2 Å². The molecule has 9 aromatic rings. The summed E-state index contributed by atoms with van der Waals surface area (Å²) < 4.78 is 3.94. The van der Waals surface area contributed by atoms with Gasteiger partial charge in [0, 0.05) is 25.8 Å². The van der Waals surface area contributed by atoms with Gasteiger partial charge in [0.2, 0.25) is 0 Å². The van der Waals surface area contributed by atoms with Crippen molar-refractivity contribution in [2.75, 3.05) is 0 Å². The third-order valence-corrected chi connectivity index (χ3v) is 16.0. The van der Waals surface area contributed by atoms with Gasteiger partial charge in [-0.1, -0.05) is 117 Å². The molecular weight excluding hydrogens is 991 g/mol. The number of para-hydroxylation sites is 2. The zero-order valence-corrected chi connectivity index (χ0v) is 42.0. The van der Waals surface area contributed by atoms with E-state index in [0.29, 0.717) is 17.8 Å². The Balaban J connectivity index is 0.000000233.